The first-order chi connectivity index (χ1) is 9.38. The Morgan fingerprint density at radius 3 is 2.60 bits per heavy atom. The van der Waals surface area contributed by atoms with Crippen molar-refractivity contribution in [2.24, 2.45) is 0 Å². The molecule has 0 spiro atoms. The molecule has 0 unspecified atom stereocenters. The number of carbonyl (C=O) groups excluding carboxylic acids is 1. The second-order valence-electron chi connectivity index (χ2n) is 4.49. The lowest BCUT2D eigenvalue weighted by atomic mass is 10.1. The Kier molecular flexibility index (Phi) is 4.45. The zero-order valence-electron chi connectivity index (χ0n) is 10.9. The highest BCUT2D eigenvalue weighted by atomic mass is 79.9. The van der Waals surface area contributed by atoms with Gasteiger partial charge in [-0.15, -0.1) is 0 Å². The van der Waals surface area contributed by atoms with Crippen molar-refractivity contribution in [2.45, 2.75) is 13.8 Å². The number of anilines is 1. The van der Waals surface area contributed by atoms with Crippen molar-refractivity contribution in [3.8, 4) is 0 Å². The molecule has 0 saturated heterocycles. The maximum Gasteiger partial charge on any atom is 0.255 e. The zero-order chi connectivity index (χ0) is 14.9. The number of hydrogen-bond donors (Lipinski definition) is 1. The van der Waals surface area contributed by atoms with Crippen molar-refractivity contribution in [3.05, 3.63) is 62.3 Å². The van der Waals surface area contributed by atoms with Crippen LogP contribution in [0.5, 0.6) is 0 Å². The van der Waals surface area contributed by atoms with Gasteiger partial charge in [0.1, 0.15) is 5.82 Å². The lowest BCUT2D eigenvalue weighted by Crippen LogP contribution is -2.14. The van der Waals surface area contributed by atoms with Crippen LogP contribution in [-0.2, 0) is 0 Å². The van der Waals surface area contributed by atoms with Gasteiger partial charge in [-0.2, -0.15) is 0 Å². The Hall–Kier alpha value is -1.39. The summed E-state index contributed by atoms with van der Waals surface area (Å²) >= 11 is 9.01. The van der Waals surface area contributed by atoms with E-state index in [1.165, 1.54) is 6.07 Å². The van der Waals surface area contributed by atoms with Crippen molar-refractivity contribution >= 4 is 39.1 Å². The second-order valence-corrected chi connectivity index (χ2v) is 5.79. The summed E-state index contributed by atoms with van der Waals surface area (Å²) in [5.41, 5.74) is 2.53. The number of nitrogens with one attached hydrogen (secondary N) is 1. The van der Waals surface area contributed by atoms with Crippen LogP contribution in [0.4, 0.5) is 10.1 Å². The van der Waals surface area contributed by atoms with Crippen molar-refractivity contribution in [1.82, 2.24) is 0 Å². The van der Waals surface area contributed by atoms with Gasteiger partial charge in [-0.25, -0.2) is 4.39 Å². The van der Waals surface area contributed by atoms with Crippen LogP contribution in [0.25, 0.3) is 0 Å². The number of rotatable bonds is 2. The molecule has 1 amide bonds. The van der Waals surface area contributed by atoms with E-state index < -0.39 is 0 Å². The zero-order valence-corrected chi connectivity index (χ0v) is 13.3. The van der Waals surface area contributed by atoms with Crippen LogP contribution in [0.15, 0.2) is 34.8 Å². The molecule has 1 N–H and O–H groups in total. The van der Waals surface area contributed by atoms with Gasteiger partial charge < -0.3 is 5.32 Å². The van der Waals surface area contributed by atoms with Crippen LogP contribution in [0, 0.1) is 19.7 Å². The van der Waals surface area contributed by atoms with Crippen LogP contribution < -0.4 is 5.32 Å². The third-order valence-electron chi connectivity index (χ3n) is 2.96. The first-order valence-electron chi connectivity index (χ1n) is 5.91. The van der Waals surface area contributed by atoms with E-state index in [1.807, 2.05) is 6.92 Å². The fourth-order valence-electron chi connectivity index (χ4n) is 1.81. The van der Waals surface area contributed by atoms with Crippen LogP contribution in [0.3, 0.4) is 0 Å². The predicted octanol–water partition coefficient (Wildman–Crippen LogP) is 5.11. The molecule has 2 rings (SSSR count). The number of aryl methyl sites for hydroxylation is 2. The van der Waals surface area contributed by atoms with E-state index in [4.69, 9.17) is 11.6 Å². The molecule has 0 heterocycles. The molecule has 0 aliphatic carbocycles. The van der Waals surface area contributed by atoms with E-state index in [9.17, 15) is 9.18 Å². The number of halogens is 3. The Balaban J connectivity index is 2.32. The normalized spacial score (nSPS) is 10.4. The van der Waals surface area contributed by atoms with E-state index in [0.29, 0.717) is 26.3 Å². The fraction of sp³-hybridized carbons (Fsp3) is 0.133. The van der Waals surface area contributed by atoms with Gasteiger partial charge in [0.2, 0.25) is 0 Å². The van der Waals surface area contributed by atoms with Crippen molar-refractivity contribution in [3.63, 3.8) is 0 Å². The van der Waals surface area contributed by atoms with E-state index in [1.54, 1.807) is 31.2 Å². The molecule has 0 saturated carbocycles. The predicted molar refractivity (Wildman–Crippen MR) is 83.0 cm³/mol. The van der Waals surface area contributed by atoms with Gasteiger partial charge in [-0.05, 0) is 65.2 Å². The van der Waals surface area contributed by atoms with Gasteiger partial charge in [0.05, 0.1) is 4.47 Å². The fourth-order valence-corrected chi connectivity index (χ4v) is 2.32. The number of hydrogen-bond acceptors (Lipinski definition) is 1. The molecule has 2 nitrogen and oxygen atoms in total. The minimum atomic E-state index is -0.362. The molecule has 0 atom stereocenters. The molecule has 0 fully saturated rings. The summed E-state index contributed by atoms with van der Waals surface area (Å²) in [5.74, 6) is -0.633. The average Bonchev–Trinajstić information content (AvgIpc) is 2.38. The van der Waals surface area contributed by atoms with Crippen LogP contribution in [-0.4, -0.2) is 5.91 Å². The number of amides is 1. The van der Waals surface area contributed by atoms with Crippen molar-refractivity contribution in [2.75, 3.05) is 5.32 Å². The van der Waals surface area contributed by atoms with E-state index >= 15 is 0 Å². The molecular weight excluding hydrogens is 345 g/mol. The third-order valence-corrected chi connectivity index (χ3v) is 3.80. The van der Waals surface area contributed by atoms with Crippen molar-refractivity contribution in [1.29, 1.82) is 0 Å². The molecular formula is C15H12BrClFNO. The van der Waals surface area contributed by atoms with Gasteiger partial charge in [-0.1, -0.05) is 17.7 Å². The Morgan fingerprint density at radius 1 is 1.20 bits per heavy atom. The van der Waals surface area contributed by atoms with Crippen molar-refractivity contribution < 1.29 is 9.18 Å². The smallest absolute Gasteiger partial charge is 0.255 e. The minimum Gasteiger partial charge on any atom is -0.322 e. The summed E-state index contributed by atoms with van der Waals surface area (Å²) in [7, 11) is 0. The average molecular weight is 357 g/mol. The highest BCUT2D eigenvalue weighted by Gasteiger charge is 2.12. The van der Waals surface area contributed by atoms with E-state index in [0.717, 1.165) is 5.56 Å². The first-order valence-corrected chi connectivity index (χ1v) is 7.08. The summed E-state index contributed by atoms with van der Waals surface area (Å²) in [4.78, 5) is 12.3. The maximum atomic E-state index is 13.4. The number of benzene rings is 2. The minimum absolute atomic E-state index is 0.272. The van der Waals surface area contributed by atoms with Gasteiger partial charge in [-0.3, -0.25) is 4.79 Å². The molecule has 2 aromatic rings. The summed E-state index contributed by atoms with van der Waals surface area (Å²) in [6.07, 6.45) is 0. The topological polar surface area (TPSA) is 29.1 Å². The molecule has 0 aliphatic rings. The van der Waals surface area contributed by atoms with Crippen LogP contribution in [0.2, 0.25) is 5.02 Å². The second kappa shape index (κ2) is 5.94. The highest BCUT2D eigenvalue weighted by Crippen LogP contribution is 2.25. The van der Waals surface area contributed by atoms with Gasteiger partial charge in [0, 0.05) is 16.3 Å². The molecule has 2 aromatic carbocycles. The first kappa shape index (κ1) is 15.0. The standard InChI is InChI=1S/C15H12BrClFNO/c1-8-3-4-10(17)6-11(8)15(20)19-14-7-12(16)13(18)5-9(14)2/h3-7H,1-2H3,(H,19,20). The summed E-state index contributed by atoms with van der Waals surface area (Å²) in [5, 5.41) is 3.27. The van der Waals surface area contributed by atoms with Crippen LogP contribution in [0.1, 0.15) is 21.5 Å². The number of carbonyl (C=O) groups is 1. The van der Waals surface area contributed by atoms with Gasteiger partial charge in [0.25, 0.3) is 5.91 Å². The summed E-state index contributed by atoms with van der Waals surface area (Å²) < 4.78 is 13.7. The summed E-state index contributed by atoms with van der Waals surface area (Å²) in [6.45, 7) is 3.56. The molecule has 0 aliphatic heterocycles. The highest BCUT2D eigenvalue weighted by molar-refractivity contribution is 9.10. The van der Waals surface area contributed by atoms with Crippen LogP contribution >= 0.6 is 27.5 Å². The quantitative estimate of drug-likeness (QED) is 0.796. The van der Waals surface area contributed by atoms with Gasteiger partial charge in [0.15, 0.2) is 0 Å². The van der Waals surface area contributed by atoms with E-state index in [2.05, 4.69) is 21.2 Å². The molecule has 0 radical (unpaired) electrons. The van der Waals surface area contributed by atoms with E-state index in [-0.39, 0.29) is 11.7 Å². The molecule has 5 heteroatoms. The Labute approximate surface area is 130 Å². The molecule has 20 heavy (non-hydrogen) atoms. The summed E-state index contributed by atoms with van der Waals surface area (Å²) in [6, 6.07) is 8.03. The maximum absolute atomic E-state index is 13.4. The monoisotopic (exact) mass is 355 g/mol. The Bertz CT molecular complexity index is 688. The lowest BCUT2D eigenvalue weighted by Gasteiger charge is -2.11. The SMILES string of the molecule is Cc1cc(F)c(Br)cc1NC(=O)c1cc(Cl)ccc1C. The Morgan fingerprint density at radius 2 is 1.90 bits per heavy atom. The van der Waals surface area contributed by atoms with Gasteiger partial charge >= 0.3 is 0 Å². The molecule has 0 bridgehead atoms. The molecule has 104 valence electrons. The largest absolute Gasteiger partial charge is 0.322 e. The molecule has 0 aromatic heterocycles. The third kappa shape index (κ3) is 3.19. The lowest BCUT2D eigenvalue weighted by molar-refractivity contribution is 0.102.